The number of allylic oxidation sites excluding steroid dienone is 1. The molecule has 0 spiro atoms. The standard InChI is InChI=1S/C15H18BrNO3/c1-3-17-14(5-4-6-15(17)18)12-8-7-11(9-13(12)16)20-10-19-2/h5,7-9H,3-4,6,10H2,1-2H3. The zero-order valence-corrected chi connectivity index (χ0v) is 13.3. The molecule has 1 aliphatic rings. The second-order valence-corrected chi connectivity index (χ2v) is 5.31. The topological polar surface area (TPSA) is 38.8 Å². The van der Waals surface area contributed by atoms with E-state index in [9.17, 15) is 4.79 Å². The largest absolute Gasteiger partial charge is 0.468 e. The van der Waals surface area contributed by atoms with Crippen molar-refractivity contribution in [2.45, 2.75) is 19.8 Å². The molecule has 0 N–H and O–H groups in total. The molecule has 0 unspecified atom stereocenters. The quantitative estimate of drug-likeness (QED) is 0.771. The van der Waals surface area contributed by atoms with Gasteiger partial charge in [0.15, 0.2) is 6.79 Å². The molecule has 5 heteroatoms. The minimum absolute atomic E-state index is 0.177. The van der Waals surface area contributed by atoms with E-state index in [2.05, 4.69) is 22.0 Å². The van der Waals surface area contributed by atoms with Crippen LogP contribution in [-0.4, -0.2) is 31.3 Å². The summed E-state index contributed by atoms with van der Waals surface area (Å²) in [6.45, 7) is 2.88. The van der Waals surface area contributed by atoms with Crippen LogP contribution >= 0.6 is 15.9 Å². The Morgan fingerprint density at radius 2 is 2.20 bits per heavy atom. The average Bonchev–Trinajstić information content (AvgIpc) is 2.45. The first-order chi connectivity index (χ1) is 9.67. The second kappa shape index (κ2) is 6.90. The molecule has 2 rings (SSSR count). The minimum atomic E-state index is 0.177. The van der Waals surface area contributed by atoms with Gasteiger partial charge in [0.25, 0.3) is 0 Å². The number of rotatable bonds is 5. The lowest BCUT2D eigenvalue weighted by Crippen LogP contribution is -2.31. The highest BCUT2D eigenvalue weighted by atomic mass is 79.9. The number of amides is 1. The second-order valence-electron chi connectivity index (χ2n) is 4.46. The van der Waals surface area contributed by atoms with Gasteiger partial charge in [-0.1, -0.05) is 6.08 Å². The number of halogens is 1. The van der Waals surface area contributed by atoms with Gasteiger partial charge >= 0.3 is 0 Å². The highest BCUT2D eigenvalue weighted by molar-refractivity contribution is 9.10. The Bertz CT molecular complexity index is 528. The van der Waals surface area contributed by atoms with Crippen LogP contribution < -0.4 is 4.74 Å². The molecule has 1 amide bonds. The Balaban J connectivity index is 2.28. The predicted octanol–water partition coefficient (Wildman–Crippen LogP) is 3.42. The van der Waals surface area contributed by atoms with Crippen molar-refractivity contribution in [2.75, 3.05) is 20.4 Å². The van der Waals surface area contributed by atoms with Crippen LogP contribution in [0.4, 0.5) is 0 Å². The summed E-state index contributed by atoms with van der Waals surface area (Å²) in [5, 5.41) is 0. The average molecular weight is 340 g/mol. The molecule has 1 aromatic rings. The summed E-state index contributed by atoms with van der Waals surface area (Å²) in [4.78, 5) is 13.8. The van der Waals surface area contributed by atoms with Gasteiger partial charge in [-0.2, -0.15) is 0 Å². The van der Waals surface area contributed by atoms with Gasteiger partial charge in [0.05, 0.1) is 0 Å². The number of benzene rings is 1. The summed E-state index contributed by atoms with van der Waals surface area (Å²) in [5.41, 5.74) is 1.97. The maximum absolute atomic E-state index is 12.0. The highest BCUT2D eigenvalue weighted by Crippen LogP contribution is 2.33. The molecule has 0 atom stereocenters. The molecule has 0 radical (unpaired) electrons. The summed E-state index contributed by atoms with van der Waals surface area (Å²) < 4.78 is 11.2. The van der Waals surface area contributed by atoms with E-state index in [0.717, 1.165) is 27.9 Å². The maximum Gasteiger partial charge on any atom is 0.227 e. The first-order valence-corrected chi connectivity index (χ1v) is 7.38. The van der Waals surface area contributed by atoms with Crippen LogP contribution in [0.5, 0.6) is 5.75 Å². The number of carbonyl (C=O) groups excluding carboxylic acids is 1. The SMILES string of the molecule is CCN1C(=O)CCC=C1c1ccc(OCOC)cc1Br. The van der Waals surface area contributed by atoms with E-state index in [-0.39, 0.29) is 12.7 Å². The van der Waals surface area contributed by atoms with Crippen molar-refractivity contribution in [1.29, 1.82) is 0 Å². The van der Waals surface area contributed by atoms with Crippen molar-refractivity contribution < 1.29 is 14.3 Å². The van der Waals surface area contributed by atoms with E-state index >= 15 is 0 Å². The summed E-state index contributed by atoms with van der Waals surface area (Å²) in [6, 6.07) is 5.73. The monoisotopic (exact) mass is 339 g/mol. The van der Waals surface area contributed by atoms with Crippen LogP contribution in [0, 0.1) is 0 Å². The van der Waals surface area contributed by atoms with Crippen LogP contribution in [0.3, 0.4) is 0 Å². The number of methoxy groups -OCH3 is 1. The molecule has 0 fully saturated rings. The molecule has 1 aromatic carbocycles. The summed E-state index contributed by atoms with van der Waals surface area (Å²) in [7, 11) is 1.58. The van der Waals surface area contributed by atoms with Crippen molar-refractivity contribution in [1.82, 2.24) is 4.90 Å². The summed E-state index contributed by atoms with van der Waals surface area (Å²) >= 11 is 3.55. The molecule has 0 aromatic heterocycles. The van der Waals surface area contributed by atoms with Gasteiger partial charge in [-0.25, -0.2) is 0 Å². The maximum atomic E-state index is 12.0. The van der Waals surface area contributed by atoms with Crippen LogP contribution in [0.15, 0.2) is 28.7 Å². The van der Waals surface area contributed by atoms with Gasteiger partial charge in [-0.05, 0) is 47.5 Å². The van der Waals surface area contributed by atoms with Crippen molar-refractivity contribution in [3.05, 3.63) is 34.3 Å². The molecule has 20 heavy (non-hydrogen) atoms. The molecular weight excluding hydrogens is 322 g/mol. The third-order valence-corrected chi connectivity index (χ3v) is 3.82. The van der Waals surface area contributed by atoms with E-state index in [4.69, 9.17) is 9.47 Å². The molecule has 0 bridgehead atoms. The van der Waals surface area contributed by atoms with Crippen molar-refractivity contribution in [2.24, 2.45) is 0 Å². The lowest BCUT2D eigenvalue weighted by molar-refractivity contribution is -0.128. The van der Waals surface area contributed by atoms with E-state index in [1.807, 2.05) is 30.0 Å². The predicted molar refractivity (Wildman–Crippen MR) is 81.2 cm³/mol. The molecule has 4 nitrogen and oxygen atoms in total. The first kappa shape index (κ1) is 15.1. The third kappa shape index (κ3) is 3.22. The van der Waals surface area contributed by atoms with Gasteiger partial charge in [0.1, 0.15) is 5.75 Å². The zero-order valence-electron chi connectivity index (χ0n) is 11.7. The fraction of sp³-hybridized carbons (Fsp3) is 0.400. The lowest BCUT2D eigenvalue weighted by Gasteiger charge is -2.28. The van der Waals surface area contributed by atoms with E-state index in [1.165, 1.54) is 0 Å². The summed E-state index contributed by atoms with van der Waals surface area (Å²) in [5.74, 6) is 0.907. The number of carbonyl (C=O) groups is 1. The van der Waals surface area contributed by atoms with Gasteiger partial charge in [0.2, 0.25) is 5.91 Å². The first-order valence-electron chi connectivity index (χ1n) is 6.59. The number of ether oxygens (including phenoxy) is 2. The van der Waals surface area contributed by atoms with Crippen molar-refractivity contribution in [3.8, 4) is 5.75 Å². The van der Waals surface area contributed by atoms with E-state index in [1.54, 1.807) is 7.11 Å². The highest BCUT2D eigenvalue weighted by Gasteiger charge is 2.22. The number of nitrogens with zero attached hydrogens (tertiary/aromatic N) is 1. The van der Waals surface area contributed by atoms with Crippen LogP contribution in [0.25, 0.3) is 5.70 Å². The number of hydrogen-bond acceptors (Lipinski definition) is 3. The lowest BCUT2D eigenvalue weighted by atomic mass is 10.0. The fourth-order valence-electron chi connectivity index (χ4n) is 2.23. The summed E-state index contributed by atoms with van der Waals surface area (Å²) in [6.07, 6.45) is 3.49. The van der Waals surface area contributed by atoms with Crippen LogP contribution in [0.1, 0.15) is 25.3 Å². The van der Waals surface area contributed by atoms with E-state index < -0.39 is 0 Å². The van der Waals surface area contributed by atoms with Crippen LogP contribution in [0.2, 0.25) is 0 Å². The van der Waals surface area contributed by atoms with Crippen molar-refractivity contribution >= 4 is 27.5 Å². The smallest absolute Gasteiger partial charge is 0.227 e. The molecule has 108 valence electrons. The van der Waals surface area contributed by atoms with Gasteiger partial charge in [0, 0.05) is 35.8 Å². The third-order valence-electron chi connectivity index (χ3n) is 3.16. The Morgan fingerprint density at radius 3 is 2.85 bits per heavy atom. The Labute approximate surface area is 127 Å². The molecule has 0 aliphatic carbocycles. The Kier molecular flexibility index (Phi) is 5.20. The molecule has 1 heterocycles. The molecular formula is C15H18BrNO3. The Morgan fingerprint density at radius 1 is 1.40 bits per heavy atom. The van der Waals surface area contributed by atoms with Gasteiger partial charge in [-0.3, -0.25) is 4.79 Å². The fourth-order valence-corrected chi connectivity index (χ4v) is 2.80. The Hall–Kier alpha value is -1.33. The zero-order chi connectivity index (χ0) is 14.5. The van der Waals surface area contributed by atoms with E-state index in [0.29, 0.717) is 13.0 Å². The van der Waals surface area contributed by atoms with Gasteiger partial charge < -0.3 is 14.4 Å². The molecule has 1 aliphatic heterocycles. The van der Waals surface area contributed by atoms with Crippen molar-refractivity contribution in [3.63, 3.8) is 0 Å². The van der Waals surface area contributed by atoms with Crippen LogP contribution in [-0.2, 0) is 9.53 Å². The van der Waals surface area contributed by atoms with Gasteiger partial charge in [-0.15, -0.1) is 0 Å². The normalized spacial score (nSPS) is 15.2. The number of hydrogen-bond donors (Lipinski definition) is 0. The minimum Gasteiger partial charge on any atom is -0.468 e. The molecule has 0 saturated heterocycles. The molecule has 0 saturated carbocycles.